The Morgan fingerprint density at radius 2 is 1.95 bits per heavy atom. The lowest BCUT2D eigenvalue weighted by atomic mass is 10.1. The molecule has 4 nitrogen and oxygen atoms in total. The quantitative estimate of drug-likeness (QED) is 0.758. The Morgan fingerprint density at radius 1 is 1.21 bits per heavy atom. The summed E-state index contributed by atoms with van der Waals surface area (Å²) in [6.45, 7) is 6.26. The third kappa shape index (κ3) is 5.49. The topological polar surface area (TPSA) is 58.9 Å². The van der Waals surface area contributed by atoms with Crippen molar-refractivity contribution in [1.82, 2.24) is 0 Å². The SMILES string of the molecule is CCOc1cc(CCC(O)CO)ccc1OC(C)C. The minimum atomic E-state index is -0.665. The van der Waals surface area contributed by atoms with Crippen molar-refractivity contribution in [3.8, 4) is 11.5 Å². The summed E-state index contributed by atoms with van der Waals surface area (Å²) in [6.07, 6.45) is 0.666. The highest BCUT2D eigenvalue weighted by Crippen LogP contribution is 2.29. The van der Waals surface area contributed by atoms with Gasteiger partial charge in [-0.1, -0.05) is 6.07 Å². The van der Waals surface area contributed by atoms with Crippen LogP contribution in [0.5, 0.6) is 11.5 Å². The maximum absolute atomic E-state index is 9.36. The fraction of sp³-hybridized carbons (Fsp3) is 0.600. The van der Waals surface area contributed by atoms with Crippen molar-refractivity contribution >= 4 is 0 Å². The molecule has 0 heterocycles. The maximum Gasteiger partial charge on any atom is 0.161 e. The number of benzene rings is 1. The largest absolute Gasteiger partial charge is 0.490 e. The maximum atomic E-state index is 9.36. The lowest BCUT2D eigenvalue weighted by molar-refractivity contribution is 0.0885. The van der Waals surface area contributed by atoms with Crippen molar-refractivity contribution in [2.45, 2.75) is 45.8 Å². The first-order valence-electron chi connectivity index (χ1n) is 6.78. The predicted octanol–water partition coefficient (Wildman–Crippen LogP) is 2.16. The Morgan fingerprint density at radius 3 is 2.53 bits per heavy atom. The van der Waals surface area contributed by atoms with Gasteiger partial charge in [0.05, 0.1) is 25.4 Å². The van der Waals surface area contributed by atoms with Crippen molar-refractivity contribution in [1.29, 1.82) is 0 Å². The van der Waals surface area contributed by atoms with Crippen LogP contribution in [0.3, 0.4) is 0 Å². The molecule has 0 aromatic heterocycles. The molecule has 0 saturated carbocycles. The van der Waals surface area contributed by atoms with Crippen molar-refractivity contribution in [2.24, 2.45) is 0 Å². The van der Waals surface area contributed by atoms with E-state index in [-0.39, 0.29) is 12.7 Å². The van der Waals surface area contributed by atoms with E-state index in [9.17, 15) is 5.11 Å². The number of aliphatic hydroxyl groups excluding tert-OH is 2. The Kier molecular flexibility index (Phi) is 6.67. The van der Waals surface area contributed by atoms with Gasteiger partial charge in [-0.2, -0.15) is 0 Å². The molecule has 19 heavy (non-hydrogen) atoms. The van der Waals surface area contributed by atoms with Crippen LogP contribution in [0.1, 0.15) is 32.8 Å². The first-order valence-corrected chi connectivity index (χ1v) is 6.78. The van der Waals surface area contributed by atoms with E-state index in [0.29, 0.717) is 19.4 Å². The zero-order valence-electron chi connectivity index (χ0n) is 11.9. The van der Waals surface area contributed by atoms with Crippen molar-refractivity contribution < 1.29 is 19.7 Å². The number of hydrogen-bond acceptors (Lipinski definition) is 4. The van der Waals surface area contributed by atoms with Gasteiger partial charge >= 0.3 is 0 Å². The summed E-state index contributed by atoms with van der Waals surface area (Å²) in [4.78, 5) is 0. The highest BCUT2D eigenvalue weighted by atomic mass is 16.5. The molecule has 0 aliphatic rings. The van der Waals surface area contributed by atoms with Gasteiger partial charge in [-0.25, -0.2) is 0 Å². The molecule has 0 saturated heterocycles. The normalized spacial score (nSPS) is 12.5. The van der Waals surface area contributed by atoms with Crippen LogP contribution >= 0.6 is 0 Å². The zero-order chi connectivity index (χ0) is 14.3. The molecule has 0 radical (unpaired) electrons. The molecule has 0 fully saturated rings. The standard InChI is InChI=1S/C15H24O4/c1-4-18-15-9-12(5-7-13(17)10-16)6-8-14(15)19-11(2)3/h6,8-9,11,13,16-17H,4-5,7,10H2,1-3H3. The van der Waals surface area contributed by atoms with Crippen LogP contribution in [0.2, 0.25) is 0 Å². The van der Waals surface area contributed by atoms with E-state index >= 15 is 0 Å². The summed E-state index contributed by atoms with van der Waals surface area (Å²) in [5, 5.41) is 18.2. The Labute approximate surface area is 115 Å². The van der Waals surface area contributed by atoms with Crippen LogP contribution < -0.4 is 9.47 Å². The van der Waals surface area contributed by atoms with Gasteiger partial charge < -0.3 is 19.7 Å². The summed E-state index contributed by atoms with van der Waals surface area (Å²) < 4.78 is 11.3. The summed E-state index contributed by atoms with van der Waals surface area (Å²) in [5.74, 6) is 1.47. The minimum absolute atomic E-state index is 0.0984. The van der Waals surface area contributed by atoms with Gasteiger partial charge in [0.15, 0.2) is 11.5 Å². The van der Waals surface area contributed by atoms with Gasteiger partial charge in [0.1, 0.15) is 0 Å². The lowest BCUT2D eigenvalue weighted by Crippen LogP contribution is -2.12. The number of ether oxygens (including phenoxy) is 2. The smallest absolute Gasteiger partial charge is 0.161 e. The van der Waals surface area contributed by atoms with E-state index < -0.39 is 6.10 Å². The van der Waals surface area contributed by atoms with Gasteiger partial charge in [-0.3, -0.25) is 0 Å². The Hall–Kier alpha value is -1.26. The fourth-order valence-electron chi connectivity index (χ4n) is 1.75. The molecule has 2 N–H and O–H groups in total. The second kappa shape index (κ2) is 8.02. The van der Waals surface area contributed by atoms with Gasteiger partial charge in [0.2, 0.25) is 0 Å². The molecule has 1 unspecified atom stereocenters. The van der Waals surface area contributed by atoms with Crippen molar-refractivity contribution in [2.75, 3.05) is 13.2 Å². The first kappa shape index (κ1) is 15.8. The van der Waals surface area contributed by atoms with Crippen LogP contribution in [-0.2, 0) is 6.42 Å². The number of aliphatic hydroxyl groups is 2. The van der Waals surface area contributed by atoms with E-state index in [0.717, 1.165) is 17.1 Å². The van der Waals surface area contributed by atoms with Crippen LogP contribution in [-0.4, -0.2) is 35.6 Å². The third-order valence-corrected chi connectivity index (χ3v) is 2.65. The molecule has 0 aliphatic carbocycles. The molecule has 1 aromatic carbocycles. The Bertz CT molecular complexity index is 376. The highest BCUT2D eigenvalue weighted by molar-refractivity contribution is 5.43. The molecule has 0 bridgehead atoms. The van der Waals surface area contributed by atoms with Gasteiger partial charge in [-0.15, -0.1) is 0 Å². The molecule has 1 aromatic rings. The first-order chi connectivity index (χ1) is 9.06. The lowest BCUT2D eigenvalue weighted by Gasteiger charge is -2.16. The molecule has 0 spiro atoms. The van der Waals surface area contributed by atoms with Crippen LogP contribution in [0.15, 0.2) is 18.2 Å². The molecule has 0 amide bonds. The summed E-state index contributed by atoms with van der Waals surface area (Å²) in [6, 6.07) is 5.79. The van der Waals surface area contributed by atoms with Gasteiger partial charge in [-0.05, 0) is 51.3 Å². The van der Waals surface area contributed by atoms with E-state index in [1.807, 2.05) is 39.0 Å². The molecule has 1 atom stereocenters. The number of rotatable bonds is 8. The van der Waals surface area contributed by atoms with E-state index in [4.69, 9.17) is 14.6 Å². The van der Waals surface area contributed by atoms with Crippen LogP contribution in [0.4, 0.5) is 0 Å². The number of hydrogen-bond donors (Lipinski definition) is 2. The molecular formula is C15H24O4. The Balaban J connectivity index is 2.77. The number of aryl methyl sites for hydroxylation is 1. The third-order valence-electron chi connectivity index (χ3n) is 2.65. The minimum Gasteiger partial charge on any atom is -0.490 e. The average Bonchev–Trinajstić information content (AvgIpc) is 2.38. The van der Waals surface area contributed by atoms with Gasteiger partial charge in [0.25, 0.3) is 0 Å². The van der Waals surface area contributed by atoms with E-state index in [1.165, 1.54) is 0 Å². The second-order valence-electron chi connectivity index (χ2n) is 4.76. The summed E-state index contributed by atoms with van der Waals surface area (Å²) >= 11 is 0. The molecule has 108 valence electrons. The van der Waals surface area contributed by atoms with Crippen LogP contribution in [0.25, 0.3) is 0 Å². The van der Waals surface area contributed by atoms with Crippen molar-refractivity contribution in [3.63, 3.8) is 0 Å². The zero-order valence-corrected chi connectivity index (χ0v) is 11.9. The molecule has 1 rings (SSSR count). The fourth-order valence-corrected chi connectivity index (χ4v) is 1.75. The van der Waals surface area contributed by atoms with E-state index in [2.05, 4.69) is 0 Å². The molecule has 0 aliphatic heterocycles. The summed E-state index contributed by atoms with van der Waals surface area (Å²) in [7, 11) is 0. The van der Waals surface area contributed by atoms with Crippen molar-refractivity contribution in [3.05, 3.63) is 23.8 Å². The highest BCUT2D eigenvalue weighted by Gasteiger charge is 2.09. The molecular weight excluding hydrogens is 244 g/mol. The molecule has 4 heteroatoms. The van der Waals surface area contributed by atoms with E-state index in [1.54, 1.807) is 0 Å². The van der Waals surface area contributed by atoms with Gasteiger partial charge in [0, 0.05) is 0 Å². The summed E-state index contributed by atoms with van der Waals surface area (Å²) in [5.41, 5.74) is 1.06. The monoisotopic (exact) mass is 268 g/mol. The predicted molar refractivity (Wildman–Crippen MR) is 74.8 cm³/mol. The second-order valence-corrected chi connectivity index (χ2v) is 4.76. The van der Waals surface area contributed by atoms with Crippen LogP contribution in [0, 0.1) is 0 Å². The average molecular weight is 268 g/mol.